The van der Waals surface area contributed by atoms with Gasteiger partial charge < -0.3 is 10.1 Å². The average molecular weight is 291 g/mol. The first kappa shape index (κ1) is 15.0. The topological polar surface area (TPSA) is 38.3 Å². The lowest BCUT2D eigenvalue weighted by Crippen LogP contribution is -2.22. The summed E-state index contributed by atoms with van der Waals surface area (Å²) in [7, 11) is 0. The van der Waals surface area contributed by atoms with Gasteiger partial charge in [0, 0.05) is 12.1 Å². The van der Waals surface area contributed by atoms with Crippen LogP contribution in [0.5, 0.6) is 5.75 Å². The van der Waals surface area contributed by atoms with E-state index < -0.39 is 6.61 Å². The van der Waals surface area contributed by atoms with Gasteiger partial charge in [-0.15, -0.1) is 0 Å². The molecule has 2 aromatic carbocycles. The quantitative estimate of drug-likeness (QED) is 0.915. The highest BCUT2D eigenvalue weighted by Gasteiger charge is 2.09. The Balaban J connectivity index is 2.00. The molecule has 21 heavy (non-hydrogen) atoms. The van der Waals surface area contributed by atoms with Gasteiger partial charge in [-0.25, -0.2) is 0 Å². The molecular weight excluding hydrogens is 276 g/mol. The Morgan fingerprint density at radius 3 is 2.67 bits per heavy atom. The van der Waals surface area contributed by atoms with Gasteiger partial charge in [0.05, 0.1) is 0 Å². The highest BCUT2D eigenvalue weighted by atomic mass is 19.3. The van der Waals surface area contributed by atoms with Gasteiger partial charge in [0.2, 0.25) is 0 Å². The predicted octanol–water partition coefficient (Wildman–Crippen LogP) is 3.53. The van der Waals surface area contributed by atoms with Gasteiger partial charge >= 0.3 is 6.61 Å². The molecular formula is C16H15F2NO2. The highest BCUT2D eigenvalue weighted by Crippen LogP contribution is 2.16. The van der Waals surface area contributed by atoms with E-state index in [1.165, 1.54) is 18.2 Å². The van der Waals surface area contributed by atoms with Gasteiger partial charge in [0.1, 0.15) is 5.75 Å². The summed E-state index contributed by atoms with van der Waals surface area (Å²) >= 11 is 0. The molecule has 110 valence electrons. The lowest BCUT2D eigenvalue weighted by atomic mass is 10.1. The van der Waals surface area contributed by atoms with Gasteiger partial charge in [-0.3, -0.25) is 4.79 Å². The second-order valence-electron chi connectivity index (χ2n) is 4.58. The van der Waals surface area contributed by atoms with Crippen molar-refractivity contribution in [3.05, 3.63) is 65.2 Å². The van der Waals surface area contributed by atoms with Crippen molar-refractivity contribution in [1.29, 1.82) is 0 Å². The Labute approximate surface area is 121 Å². The fourth-order valence-corrected chi connectivity index (χ4v) is 1.92. The van der Waals surface area contributed by atoms with Crippen LogP contribution < -0.4 is 10.1 Å². The van der Waals surface area contributed by atoms with Crippen LogP contribution in [0.15, 0.2) is 48.5 Å². The molecule has 0 aromatic heterocycles. The number of benzene rings is 2. The van der Waals surface area contributed by atoms with Crippen LogP contribution in [0.3, 0.4) is 0 Å². The lowest BCUT2D eigenvalue weighted by molar-refractivity contribution is -0.0498. The minimum Gasteiger partial charge on any atom is -0.435 e. The van der Waals surface area contributed by atoms with E-state index in [-0.39, 0.29) is 17.2 Å². The molecule has 2 rings (SSSR count). The summed E-state index contributed by atoms with van der Waals surface area (Å²) < 4.78 is 28.5. The smallest absolute Gasteiger partial charge is 0.387 e. The summed E-state index contributed by atoms with van der Waals surface area (Å²) in [5.74, 6) is -0.371. The summed E-state index contributed by atoms with van der Waals surface area (Å²) in [4.78, 5) is 12.0. The number of halogens is 2. The van der Waals surface area contributed by atoms with E-state index in [9.17, 15) is 13.6 Å². The lowest BCUT2D eigenvalue weighted by Gasteiger charge is -2.08. The number of rotatable bonds is 5. The molecule has 0 aliphatic rings. The van der Waals surface area contributed by atoms with E-state index in [0.717, 1.165) is 11.1 Å². The van der Waals surface area contributed by atoms with E-state index in [4.69, 9.17) is 0 Å². The second-order valence-corrected chi connectivity index (χ2v) is 4.58. The molecule has 1 amide bonds. The first-order chi connectivity index (χ1) is 10.0. The molecule has 0 aliphatic carbocycles. The number of alkyl halides is 2. The van der Waals surface area contributed by atoms with Crippen LogP contribution in [0.4, 0.5) is 8.78 Å². The first-order valence-electron chi connectivity index (χ1n) is 6.43. The number of carbonyl (C=O) groups excluding carboxylic acids is 1. The van der Waals surface area contributed by atoms with Crippen LogP contribution in [-0.4, -0.2) is 12.5 Å². The summed E-state index contributed by atoms with van der Waals surface area (Å²) in [6.07, 6.45) is 0. The SMILES string of the molecule is Cc1cccc(CNC(=O)c2cccc(OC(F)F)c2)c1. The maximum absolute atomic E-state index is 12.1. The van der Waals surface area contributed by atoms with Crippen LogP contribution >= 0.6 is 0 Å². The second kappa shape index (κ2) is 6.83. The Bertz CT molecular complexity index is 629. The van der Waals surface area contributed by atoms with E-state index in [1.54, 1.807) is 6.07 Å². The van der Waals surface area contributed by atoms with Crippen molar-refractivity contribution in [2.45, 2.75) is 20.1 Å². The monoisotopic (exact) mass is 291 g/mol. The molecule has 1 N–H and O–H groups in total. The molecule has 0 unspecified atom stereocenters. The number of carbonyl (C=O) groups is 1. The molecule has 3 nitrogen and oxygen atoms in total. The molecule has 0 aliphatic heterocycles. The molecule has 0 saturated carbocycles. The van der Waals surface area contributed by atoms with Crippen molar-refractivity contribution in [2.24, 2.45) is 0 Å². The Morgan fingerprint density at radius 2 is 1.95 bits per heavy atom. The molecule has 0 saturated heterocycles. The molecule has 0 heterocycles. The van der Waals surface area contributed by atoms with Crippen molar-refractivity contribution < 1.29 is 18.3 Å². The van der Waals surface area contributed by atoms with Crippen molar-refractivity contribution in [3.8, 4) is 5.75 Å². The van der Waals surface area contributed by atoms with Gasteiger partial charge in [0.15, 0.2) is 0 Å². The number of aryl methyl sites for hydroxylation is 1. The van der Waals surface area contributed by atoms with E-state index in [0.29, 0.717) is 6.54 Å². The third-order valence-corrected chi connectivity index (χ3v) is 2.86. The normalized spacial score (nSPS) is 10.5. The fourth-order valence-electron chi connectivity index (χ4n) is 1.92. The Hall–Kier alpha value is -2.43. The molecule has 0 radical (unpaired) electrons. The molecule has 0 spiro atoms. The molecule has 2 aromatic rings. The number of amides is 1. The number of ether oxygens (including phenoxy) is 1. The first-order valence-corrected chi connectivity index (χ1v) is 6.43. The van der Waals surface area contributed by atoms with Crippen LogP contribution in [0, 0.1) is 6.92 Å². The minimum atomic E-state index is -2.91. The van der Waals surface area contributed by atoms with Crippen molar-refractivity contribution in [2.75, 3.05) is 0 Å². The van der Waals surface area contributed by atoms with Crippen LogP contribution in [0.1, 0.15) is 21.5 Å². The van der Waals surface area contributed by atoms with E-state index in [2.05, 4.69) is 10.1 Å². The van der Waals surface area contributed by atoms with Crippen molar-refractivity contribution in [3.63, 3.8) is 0 Å². The Morgan fingerprint density at radius 1 is 1.19 bits per heavy atom. The molecule has 0 atom stereocenters. The maximum atomic E-state index is 12.1. The zero-order chi connectivity index (χ0) is 15.2. The zero-order valence-electron chi connectivity index (χ0n) is 11.5. The van der Waals surface area contributed by atoms with Crippen LogP contribution in [0.25, 0.3) is 0 Å². The summed E-state index contributed by atoms with van der Waals surface area (Å²) in [5.41, 5.74) is 2.36. The number of nitrogens with one attached hydrogen (secondary N) is 1. The fraction of sp³-hybridized carbons (Fsp3) is 0.188. The summed E-state index contributed by atoms with van der Waals surface area (Å²) in [6.45, 7) is -0.563. The largest absolute Gasteiger partial charge is 0.435 e. The minimum absolute atomic E-state index is 0.0341. The van der Waals surface area contributed by atoms with Gasteiger partial charge in [-0.1, -0.05) is 35.9 Å². The third-order valence-electron chi connectivity index (χ3n) is 2.86. The van der Waals surface area contributed by atoms with Crippen LogP contribution in [-0.2, 0) is 6.54 Å². The van der Waals surface area contributed by atoms with Crippen molar-refractivity contribution >= 4 is 5.91 Å². The van der Waals surface area contributed by atoms with Crippen LogP contribution in [0.2, 0.25) is 0 Å². The number of hydrogen-bond acceptors (Lipinski definition) is 2. The molecule has 0 bridgehead atoms. The average Bonchev–Trinajstić information content (AvgIpc) is 2.44. The van der Waals surface area contributed by atoms with Gasteiger partial charge in [-0.05, 0) is 30.7 Å². The predicted molar refractivity (Wildman–Crippen MR) is 75.4 cm³/mol. The number of hydrogen-bond donors (Lipinski definition) is 1. The Kier molecular flexibility index (Phi) is 4.87. The van der Waals surface area contributed by atoms with Gasteiger partial charge in [0.25, 0.3) is 5.91 Å². The standard InChI is InChI=1S/C16H15F2NO2/c1-11-4-2-5-12(8-11)10-19-15(20)13-6-3-7-14(9-13)21-16(17)18/h2-9,16H,10H2,1H3,(H,19,20). The summed E-state index contributed by atoms with van der Waals surface area (Å²) in [5, 5.41) is 2.74. The zero-order valence-corrected chi connectivity index (χ0v) is 11.5. The highest BCUT2D eigenvalue weighted by molar-refractivity contribution is 5.94. The van der Waals surface area contributed by atoms with Crippen molar-refractivity contribution in [1.82, 2.24) is 5.32 Å². The molecule has 0 fully saturated rings. The van der Waals surface area contributed by atoms with Gasteiger partial charge in [-0.2, -0.15) is 8.78 Å². The van der Waals surface area contributed by atoms with E-state index >= 15 is 0 Å². The summed E-state index contributed by atoms with van der Waals surface area (Å²) in [6, 6.07) is 13.5. The maximum Gasteiger partial charge on any atom is 0.387 e. The van der Waals surface area contributed by atoms with E-state index in [1.807, 2.05) is 31.2 Å². The molecule has 5 heteroatoms. The third kappa shape index (κ3) is 4.56.